The second kappa shape index (κ2) is 8.54. The molecule has 0 fully saturated rings. The van der Waals surface area contributed by atoms with Crippen molar-refractivity contribution in [2.75, 3.05) is 19.0 Å². The summed E-state index contributed by atoms with van der Waals surface area (Å²) in [5.74, 6) is 1.61. The van der Waals surface area contributed by atoms with E-state index in [9.17, 15) is 0 Å². The van der Waals surface area contributed by atoms with Crippen LogP contribution in [0.5, 0.6) is 11.5 Å². The molecule has 4 heteroatoms. The first-order chi connectivity index (χ1) is 10.7. The fraction of sp³-hybridized carbons (Fsp3) is 0.333. The van der Waals surface area contributed by atoms with E-state index < -0.39 is 0 Å². The van der Waals surface area contributed by atoms with Crippen LogP contribution in [-0.4, -0.2) is 13.7 Å². The van der Waals surface area contributed by atoms with Crippen LogP contribution in [0.2, 0.25) is 5.02 Å². The minimum absolute atomic E-state index is 0.597. The van der Waals surface area contributed by atoms with Crippen LogP contribution < -0.4 is 14.8 Å². The molecule has 0 atom stereocenters. The number of nitrogens with one attached hydrogen (secondary N) is 1. The van der Waals surface area contributed by atoms with Gasteiger partial charge in [-0.05, 0) is 30.7 Å². The van der Waals surface area contributed by atoms with Crippen molar-refractivity contribution in [3.05, 3.63) is 53.1 Å². The lowest BCUT2D eigenvalue weighted by Crippen LogP contribution is -2.04. The molecule has 0 spiro atoms. The summed E-state index contributed by atoms with van der Waals surface area (Å²) in [5, 5.41) is 3.96. The van der Waals surface area contributed by atoms with Gasteiger partial charge in [0.15, 0.2) is 0 Å². The zero-order valence-corrected chi connectivity index (χ0v) is 13.8. The van der Waals surface area contributed by atoms with Gasteiger partial charge in [0.05, 0.1) is 18.7 Å². The summed E-state index contributed by atoms with van der Waals surface area (Å²) < 4.78 is 11.0. The Hall–Kier alpha value is -1.87. The van der Waals surface area contributed by atoms with Crippen LogP contribution in [0.1, 0.15) is 25.3 Å². The Balaban J connectivity index is 2.00. The molecule has 0 heterocycles. The summed E-state index contributed by atoms with van der Waals surface area (Å²) >= 11 is 6.14. The predicted molar refractivity (Wildman–Crippen MR) is 92.2 cm³/mol. The average molecular weight is 320 g/mol. The first-order valence-corrected chi connectivity index (χ1v) is 7.90. The van der Waals surface area contributed by atoms with E-state index in [0.717, 1.165) is 36.4 Å². The van der Waals surface area contributed by atoms with Crippen molar-refractivity contribution in [2.45, 2.75) is 26.3 Å². The van der Waals surface area contributed by atoms with Gasteiger partial charge in [-0.3, -0.25) is 0 Å². The molecule has 22 heavy (non-hydrogen) atoms. The van der Waals surface area contributed by atoms with Crippen molar-refractivity contribution in [3.63, 3.8) is 0 Å². The zero-order chi connectivity index (χ0) is 15.8. The molecule has 0 aliphatic carbocycles. The quantitative estimate of drug-likeness (QED) is 0.683. The molecule has 118 valence electrons. The molecule has 2 aromatic carbocycles. The number of halogens is 1. The normalized spacial score (nSPS) is 10.3. The Bertz CT molecular complexity index is 601. The SMILES string of the molecule is CCCCOc1ccccc1CNc1ccc(OC)c(Cl)c1. The number of ether oxygens (including phenoxy) is 2. The number of methoxy groups -OCH3 is 1. The molecule has 0 saturated heterocycles. The van der Waals surface area contributed by atoms with Gasteiger partial charge in [-0.1, -0.05) is 43.1 Å². The third kappa shape index (κ3) is 4.57. The molecule has 2 aromatic rings. The van der Waals surface area contributed by atoms with Gasteiger partial charge in [0, 0.05) is 17.8 Å². The van der Waals surface area contributed by atoms with Gasteiger partial charge in [0.25, 0.3) is 0 Å². The lowest BCUT2D eigenvalue weighted by atomic mass is 10.2. The fourth-order valence-electron chi connectivity index (χ4n) is 2.09. The molecule has 0 aliphatic heterocycles. The van der Waals surface area contributed by atoms with E-state index in [4.69, 9.17) is 21.1 Å². The van der Waals surface area contributed by atoms with Gasteiger partial charge >= 0.3 is 0 Å². The van der Waals surface area contributed by atoms with Gasteiger partial charge in [-0.25, -0.2) is 0 Å². The van der Waals surface area contributed by atoms with Gasteiger partial charge in [-0.2, -0.15) is 0 Å². The van der Waals surface area contributed by atoms with Crippen molar-refractivity contribution in [1.29, 1.82) is 0 Å². The Morgan fingerprint density at radius 1 is 1.09 bits per heavy atom. The smallest absolute Gasteiger partial charge is 0.137 e. The molecule has 0 unspecified atom stereocenters. The van der Waals surface area contributed by atoms with Gasteiger partial charge in [0.1, 0.15) is 11.5 Å². The van der Waals surface area contributed by atoms with Crippen molar-refractivity contribution < 1.29 is 9.47 Å². The summed E-state index contributed by atoms with van der Waals surface area (Å²) in [5.41, 5.74) is 2.08. The van der Waals surface area contributed by atoms with Crippen molar-refractivity contribution in [1.82, 2.24) is 0 Å². The van der Waals surface area contributed by atoms with Crippen LogP contribution in [-0.2, 0) is 6.54 Å². The first kappa shape index (κ1) is 16.5. The van der Waals surface area contributed by atoms with E-state index in [-0.39, 0.29) is 0 Å². The van der Waals surface area contributed by atoms with Crippen LogP contribution in [0.15, 0.2) is 42.5 Å². The number of hydrogen-bond donors (Lipinski definition) is 1. The summed E-state index contributed by atoms with van der Waals surface area (Å²) in [6, 6.07) is 13.8. The number of para-hydroxylation sites is 1. The molecular weight excluding hydrogens is 298 g/mol. The molecule has 1 N–H and O–H groups in total. The summed E-state index contributed by atoms with van der Waals surface area (Å²) in [6.07, 6.45) is 2.20. The van der Waals surface area contributed by atoms with E-state index in [1.54, 1.807) is 7.11 Å². The summed E-state index contributed by atoms with van der Waals surface area (Å²) in [4.78, 5) is 0. The Morgan fingerprint density at radius 3 is 2.64 bits per heavy atom. The molecule has 0 aliphatic rings. The number of anilines is 1. The number of rotatable bonds is 8. The minimum atomic E-state index is 0.597. The predicted octanol–water partition coefficient (Wildman–Crippen LogP) is 5.14. The van der Waals surface area contributed by atoms with Crippen LogP contribution >= 0.6 is 11.6 Å². The Kier molecular flexibility index (Phi) is 6.41. The highest BCUT2D eigenvalue weighted by atomic mass is 35.5. The molecule has 2 rings (SSSR count). The highest BCUT2D eigenvalue weighted by molar-refractivity contribution is 6.32. The molecule has 0 bridgehead atoms. The topological polar surface area (TPSA) is 30.5 Å². The monoisotopic (exact) mass is 319 g/mol. The lowest BCUT2D eigenvalue weighted by Gasteiger charge is -2.13. The molecule has 0 aromatic heterocycles. The van der Waals surface area contributed by atoms with Crippen LogP contribution in [0.25, 0.3) is 0 Å². The maximum atomic E-state index is 6.14. The van der Waals surface area contributed by atoms with Gasteiger partial charge < -0.3 is 14.8 Å². The van der Waals surface area contributed by atoms with Crippen molar-refractivity contribution >= 4 is 17.3 Å². The van der Waals surface area contributed by atoms with Crippen LogP contribution in [0, 0.1) is 0 Å². The second-order valence-electron chi connectivity index (χ2n) is 5.01. The average Bonchev–Trinajstić information content (AvgIpc) is 2.54. The van der Waals surface area contributed by atoms with E-state index in [0.29, 0.717) is 17.3 Å². The van der Waals surface area contributed by atoms with Gasteiger partial charge in [0.2, 0.25) is 0 Å². The number of unbranched alkanes of at least 4 members (excludes halogenated alkanes) is 1. The first-order valence-electron chi connectivity index (χ1n) is 7.52. The largest absolute Gasteiger partial charge is 0.495 e. The maximum absolute atomic E-state index is 6.14. The molecule has 0 amide bonds. The van der Waals surface area contributed by atoms with E-state index in [1.165, 1.54) is 0 Å². The summed E-state index contributed by atoms with van der Waals surface area (Å²) in [7, 11) is 1.61. The van der Waals surface area contributed by atoms with Crippen molar-refractivity contribution in [3.8, 4) is 11.5 Å². The minimum Gasteiger partial charge on any atom is -0.495 e. The maximum Gasteiger partial charge on any atom is 0.137 e. The zero-order valence-electron chi connectivity index (χ0n) is 13.1. The van der Waals surface area contributed by atoms with E-state index in [1.807, 2.05) is 36.4 Å². The fourth-order valence-corrected chi connectivity index (χ4v) is 2.35. The Labute approximate surface area is 137 Å². The summed E-state index contributed by atoms with van der Waals surface area (Å²) in [6.45, 7) is 3.59. The number of benzene rings is 2. The Morgan fingerprint density at radius 2 is 1.91 bits per heavy atom. The standard InChI is InChI=1S/C18H22ClNO2/c1-3-4-11-22-17-8-6-5-7-14(17)13-20-15-9-10-18(21-2)16(19)12-15/h5-10,12,20H,3-4,11,13H2,1-2H3. The third-order valence-corrected chi connectivity index (χ3v) is 3.66. The van der Waals surface area contributed by atoms with Gasteiger partial charge in [-0.15, -0.1) is 0 Å². The second-order valence-corrected chi connectivity index (χ2v) is 5.42. The highest BCUT2D eigenvalue weighted by Crippen LogP contribution is 2.28. The molecule has 0 saturated carbocycles. The van der Waals surface area contributed by atoms with Crippen molar-refractivity contribution in [2.24, 2.45) is 0 Å². The lowest BCUT2D eigenvalue weighted by molar-refractivity contribution is 0.306. The molecule has 0 radical (unpaired) electrons. The third-order valence-electron chi connectivity index (χ3n) is 3.36. The highest BCUT2D eigenvalue weighted by Gasteiger charge is 2.05. The van der Waals surface area contributed by atoms with Crippen LogP contribution in [0.4, 0.5) is 5.69 Å². The van der Waals surface area contributed by atoms with Crippen LogP contribution in [0.3, 0.4) is 0 Å². The molecule has 3 nitrogen and oxygen atoms in total. The molecular formula is C18H22ClNO2. The number of hydrogen-bond acceptors (Lipinski definition) is 3. The van der Waals surface area contributed by atoms with E-state index in [2.05, 4.69) is 18.3 Å². The van der Waals surface area contributed by atoms with E-state index >= 15 is 0 Å².